The Morgan fingerprint density at radius 2 is 1.94 bits per heavy atom. The summed E-state index contributed by atoms with van der Waals surface area (Å²) in [6, 6.07) is 12.3. The summed E-state index contributed by atoms with van der Waals surface area (Å²) in [7, 11) is 1.48. The van der Waals surface area contributed by atoms with E-state index in [4.69, 9.17) is 14.7 Å². The predicted octanol–water partition coefficient (Wildman–Crippen LogP) is 4.87. The van der Waals surface area contributed by atoms with Gasteiger partial charge in [0.25, 0.3) is 5.91 Å². The van der Waals surface area contributed by atoms with Crippen LogP contribution in [0.15, 0.2) is 59.5 Å². The molecule has 0 aliphatic heterocycles. The van der Waals surface area contributed by atoms with Crippen LogP contribution in [0.2, 0.25) is 0 Å². The summed E-state index contributed by atoms with van der Waals surface area (Å²) in [6.45, 7) is 0. The maximum absolute atomic E-state index is 12.7. The minimum atomic E-state index is -0.903. The quantitative estimate of drug-likeness (QED) is 0.106. The number of nitrogens with one attached hydrogen (secondary N) is 2. The lowest BCUT2D eigenvalue weighted by molar-refractivity contribution is -0.124. The van der Waals surface area contributed by atoms with Gasteiger partial charge < -0.3 is 14.6 Å². The number of hydrogen-bond acceptors (Lipinski definition) is 7. The normalized spacial score (nSPS) is 12.9. The van der Waals surface area contributed by atoms with Gasteiger partial charge >= 0.3 is 6.09 Å². The number of thioether (sulfide) groups is 1. The van der Waals surface area contributed by atoms with Crippen molar-refractivity contribution < 1.29 is 29.4 Å². The van der Waals surface area contributed by atoms with Crippen LogP contribution in [0.3, 0.4) is 0 Å². The fraction of sp³-hybridized carbons (Fsp3) is 0.273. The zero-order valence-electron chi connectivity index (χ0n) is 17.6. The third kappa shape index (κ3) is 8.01. The molecule has 10 heteroatoms. The molecule has 0 bridgehead atoms. The second-order valence-corrected chi connectivity index (χ2v) is 8.74. The molecule has 0 aliphatic rings. The van der Waals surface area contributed by atoms with Crippen molar-refractivity contribution in [1.29, 1.82) is 0 Å². The van der Waals surface area contributed by atoms with Crippen molar-refractivity contribution in [3.63, 3.8) is 0 Å². The van der Waals surface area contributed by atoms with Crippen LogP contribution in [0.1, 0.15) is 24.5 Å². The number of hydroxylamine groups is 1. The Morgan fingerprint density at radius 3 is 2.56 bits per heavy atom. The number of aromatic hydroxyl groups is 1. The highest BCUT2D eigenvalue weighted by Gasteiger charge is 2.29. The minimum Gasteiger partial charge on any atom is -0.508 e. The number of phenols is 1. The van der Waals surface area contributed by atoms with Gasteiger partial charge in [-0.15, -0.1) is 11.8 Å². The molecule has 2 aromatic rings. The van der Waals surface area contributed by atoms with Gasteiger partial charge in [-0.25, -0.2) is 10.3 Å². The van der Waals surface area contributed by atoms with E-state index in [2.05, 4.69) is 27.9 Å². The van der Waals surface area contributed by atoms with Crippen LogP contribution in [-0.2, 0) is 14.3 Å². The first-order chi connectivity index (χ1) is 15.4. The lowest BCUT2D eigenvalue weighted by Crippen LogP contribution is -2.28. The van der Waals surface area contributed by atoms with E-state index in [9.17, 15) is 14.7 Å². The van der Waals surface area contributed by atoms with Crippen molar-refractivity contribution in [2.45, 2.75) is 29.9 Å². The van der Waals surface area contributed by atoms with Gasteiger partial charge in [-0.1, -0.05) is 6.08 Å². The molecular formula is C22H25IN2O6S. The molecule has 0 saturated heterocycles. The fourth-order valence-corrected chi connectivity index (χ4v) is 3.83. The number of ether oxygens (including phenoxy) is 2. The zero-order valence-corrected chi connectivity index (χ0v) is 20.6. The number of hydrogen-bond donors (Lipinski definition) is 4. The molecule has 2 aromatic carbocycles. The lowest BCUT2D eigenvalue weighted by atomic mass is 9.99. The number of benzene rings is 2. The standard InChI is InChI=1S/C22H25IN2O6S/c1-30-19(5-3-4-6-20(27)25-29)21(17-13-14(23)7-12-18(17)26)31-22(28)24-15-8-10-16(32-2)11-9-15/h4,6-13,19,21,26,29H,3,5H2,1-2H3,(H,24,28)(H,25,27)/b6-4+/t19-,21-/m1/s1. The number of methoxy groups -OCH3 is 1. The molecule has 0 radical (unpaired) electrons. The maximum atomic E-state index is 12.7. The number of carbonyl (C=O) groups excluding carboxylic acids is 2. The molecule has 0 spiro atoms. The highest BCUT2D eigenvalue weighted by atomic mass is 127. The van der Waals surface area contributed by atoms with Gasteiger partial charge in [0.2, 0.25) is 0 Å². The van der Waals surface area contributed by atoms with Gasteiger partial charge in [0.05, 0.1) is 6.10 Å². The molecule has 4 N–H and O–H groups in total. The Bertz CT molecular complexity index is 939. The Labute approximate surface area is 204 Å². The van der Waals surface area contributed by atoms with Gasteiger partial charge in [0.15, 0.2) is 6.10 Å². The van der Waals surface area contributed by atoms with Gasteiger partial charge in [0.1, 0.15) is 5.75 Å². The van der Waals surface area contributed by atoms with Gasteiger partial charge in [-0.05, 0) is 84.2 Å². The van der Waals surface area contributed by atoms with Crippen LogP contribution >= 0.6 is 34.4 Å². The van der Waals surface area contributed by atoms with Crippen LogP contribution in [0.25, 0.3) is 0 Å². The second kappa shape index (κ2) is 13.3. The van der Waals surface area contributed by atoms with E-state index in [1.807, 2.05) is 18.4 Å². The molecule has 2 atom stereocenters. The number of halogens is 1. The van der Waals surface area contributed by atoms with Crippen molar-refractivity contribution in [2.75, 3.05) is 18.7 Å². The third-order valence-corrected chi connectivity index (χ3v) is 5.92. The predicted molar refractivity (Wildman–Crippen MR) is 131 cm³/mol. The number of anilines is 1. The number of phenolic OH excluding ortho intramolecular Hbond substituents is 1. The molecule has 172 valence electrons. The van der Waals surface area contributed by atoms with Gasteiger partial charge in [0, 0.05) is 32.9 Å². The Hall–Kier alpha value is -2.28. The summed E-state index contributed by atoms with van der Waals surface area (Å²) in [4.78, 5) is 24.8. The Balaban J connectivity index is 2.20. The molecular weight excluding hydrogens is 547 g/mol. The largest absolute Gasteiger partial charge is 0.508 e. The first kappa shape index (κ1) is 26.0. The molecule has 2 amide bonds. The van der Waals surface area contributed by atoms with Crippen molar-refractivity contribution in [3.8, 4) is 5.75 Å². The minimum absolute atomic E-state index is 0.0233. The number of amides is 2. The smallest absolute Gasteiger partial charge is 0.412 e. The van der Waals surface area contributed by atoms with Crippen molar-refractivity contribution in [3.05, 3.63) is 63.8 Å². The lowest BCUT2D eigenvalue weighted by Gasteiger charge is -2.27. The third-order valence-electron chi connectivity index (χ3n) is 4.50. The van der Waals surface area contributed by atoms with Crippen LogP contribution in [0.5, 0.6) is 5.75 Å². The van der Waals surface area contributed by atoms with E-state index in [0.29, 0.717) is 24.1 Å². The van der Waals surface area contributed by atoms with E-state index >= 15 is 0 Å². The first-order valence-electron chi connectivity index (χ1n) is 9.61. The van der Waals surface area contributed by atoms with E-state index in [-0.39, 0.29) is 5.75 Å². The molecule has 0 unspecified atom stereocenters. The highest BCUT2D eigenvalue weighted by molar-refractivity contribution is 14.1. The molecule has 0 aliphatic carbocycles. The first-order valence-corrected chi connectivity index (χ1v) is 11.9. The van der Waals surface area contributed by atoms with Crippen molar-refractivity contribution in [1.82, 2.24) is 5.48 Å². The van der Waals surface area contributed by atoms with E-state index in [0.717, 1.165) is 8.47 Å². The van der Waals surface area contributed by atoms with E-state index in [1.165, 1.54) is 24.7 Å². The zero-order chi connectivity index (χ0) is 23.5. The Kier molecular flexibility index (Phi) is 10.8. The monoisotopic (exact) mass is 572 g/mol. The van der Waals surface area contributed by atoms with Gasteiger partial charge in [-0.2, -0.15) is 0 Å². The average molecular weight is 572 g/mol. The topological polar surface area (TPSA) is 117 Å². The molecule has 32 heavy (non-hydrogen) atoms. The maximum Gasteiger partial charge on any atom is 0.412 e. The average Bonchev–Trinajstić information content (AvgIpc) is 2.80. The van der Waals surface area contributed by atoms with Crippen LogP contribution < -0.4 is 10.8 Å². The number of rotatable bonds is 10. The van der Waals surface area contributed by atoms with Crippen LogP contribution in [0.4, 0.5) is 10.5 Å². The molecule has 8 nitrogen and oxygen atoms in total. The summed E-state index contributed by atoms with van der Waals surface area (Å²) in [5.74, 6) is -0.668. The fourth-order valence-electron chi connectivity index (χ4n) is 2.91. The van der Waals surface area contributed by atoms with E-state index in [1.54, 1.807) is 42.1 Å². The van der Waals surface area contributed by atoms with Crippen molar-refractivity contribution >= 4 is 52.0 Å². The second-order valence-electron chi connectivity index (χ2n) is 6.61. The number of allylic oxidation sites excluding steroid dienone is 1. The van der Waals surface area contributed by atoms with Gasteiger partial charge in [-0.3, -0.25) is 15.3 Å². The summed E-state index contributed by atoms with van der Waals surface area (Å²) in [5.41, 5.74) is 2.50. The van der Waals surface area contributed by atoms with Crippen LogP contribution in [-0.4, -0.2) is 41.8 Å². The number of carbonyl (C=O) groups is 2. The van der Waals surface area contributed by atoms with E-state index < -0.39 is 24.2 Å². The molecule has 2 rings (SSSR count). The molecule has 0 aromatic heterocycles. The summed E-state index contributed by atoms with van der Waals surface area (Å²) >= 11 is 3.70. The summed E-state index contributed by atoms with van der Waals surface area (Å²) in [5, 5.41) is 21.7. The highest BCUT2D eigenvalue weighted by Crippen LogP contribution is 2.34. The SMILES string of the molecule is CO[C@H](CC/C=C/C(=O)NO)[C@H](OC(=O)Nc1ccc(SC)cc1)c1cc(I)ccc1O. The molecule has 0 saturated carbocycles. The van der Waals surface area contributed by atoms with Crippen molar-refractivity contribution in [2.24, 2.45) is 0 Å². The Morgan fingerprint density at radius 1 is 1.22 bits per heavy atom. The molecule has 0 fully saturated rings. The summed E-state index contributed by atoms with van der Waals surface area (Å²) in [6.07, 6.45) is 3.32. The summed E-state index contributed by atoms with van der Waals surface area (Å²) < 4.78 is 12.1. The van der Waals surface area contributed by atoms with Crippen LogP contribution in [0, 0.1) is 3.57 Å². The molecule has 0 heterocycles.